The molecule has 0 spiro atoms. The standard InChI is InChI=1S/C27H25N3O2S2/c1-18-8-10-21(11-9-18)26-19(2)34-27(30-26)29-25(32)17-33-23-14-12-22(13-15-23)28-24(31)16-20-6-4-3-5-7-20/h3-15H,16-17H2,1-2H3,(H,28,31)(H,29,30,32). The Balaban J connectivity index is 1.27. The molecule has 5 nitrogen and oxygen atoms in total. The minimum Gasteiger partial charge on any atom is -0.326 e. The van der Waals surface area contributed by atoms with Crippen LogP contribution in [-0.2, 0) is 16.0 Å². The molecule has 0 saturated carbocycles. The van der Waals surface area contributed by atoms with E-state index in [2.05, 4.69) is 34.7 Å². The number of amides is 2. The van der Waals surface area contributed by atoms with Crippen LogP contribution in [0.5, 0.6) is 0 Å². The number of carbonyl (C=O) groups is 2. The van der Waals surface area contributed by atoms with Crippen molar-refractivity contribution in [2.75, 3.05) is 16.4 Å². The zero-order valence-corrected chi connectivity index (χ0v) is 20.6. The average Bonchev–Trinajstić information content (AvgIpc) is 3.19. The number of thioether (sulfide) groups is 1. The number of anilines is 2. The third kappa shape index (κ3) is 6.56. The van der Waals surface area contributed by atoms with Crippen LogP contribution >= 0.6 is 23.1 Å². The summed E-state index contributed by atoms with van der Waals surface area (Å²) in [5.74, 6) is 0.113. The van der Waals surface area contributed by atoms with Crippen LogP contribution in [0.3, 0.4) is 0 Å². The Kier molecular flexibility index (Phi) is 7.77. The highest BCUT2D eigenvalue weighted by Gasteiger charge is 2.12. The number of benzene rings is 3. The molecular formula is C27H25N3O2S2. The molecule has 4 rings (SSSR count). The van der Waals surface area contributed by atoms with E-state index in [4.69, 9.17) is 0 Å². The van der Waals surface area contributed by atoms with Gasteiger partial charge in [0.1, 0.15) is 0 Å². The van der Waals surface area contributed by atoms with Crippen molar-refractivity contribution in [3.63, 3.8) is 0 Å². The molecule has 0 unspecified atom stereocenters. The molecule has 2 N–H and O–H groups in total. The van der Waals surface area contributed by atoms with Crippen LogP contribution in [0.25, 0.3) is 11.3 Å². The zero-order valence-electron chi connectivity index (χ0n) is 19.0. The van der Waals surface area contributed by atoms with Crippen molar-refractivity contribution >= 4 is 45.7 Å². The lowest BCUT2D eigenvalue weighted by Gasteiger charge is -2.07. The molecule has 0 aliphatic heterocycles. The predicted octanol–water partition coefficient (Wildman–Crippen LogP) is 6.34. The van der Waals surface area contributed by atoms with Crippen LogP contribution in [0.2, 0.25) is 0 Å². The molecule has 34 heavy (non-hydrogen) atoms. The minimum absolute atomic E-state index is 0.0604. The first-order chi connectivity index (χ1) is 16.5. The minimum atomic E-state index is -0.102. The molecular weight excluding hydrogens is 462 g/mol. The van der Waals surface area contributed by atoms with Crippen LogP contribution in [0.1, 0.15) is 16.0 Å². The fraction of sp³-hybridized carbons (Fsp3) is 0.148. The van der Waals surface area contributed by atoms with E-state index in [0.717, 1.165) is 32.3 Å². The molecule has 0 atom stereocenters. The van der Waals surface area contributed by atoms with Crippen molar-refractivity contribution in [1.82, 2.24) is 4.98 Å². The van der Waals surface area contributed by atoms with Crippen LogP contribution in [0.4, 0.5) is 10.8 Å². The molecule has 7 heteroatoms. The number of aromatic nitrogens is 1. The van der Waals surface area contributed by atoms with Crippen molar-refractivity contribution < 1.29 is 9.59 Å². The van der Waals surface area contributed by atoms with Gasteiger partial charge in [-0.3, -0.25) is 9.59 Å². The average molecular weight is 488 g/mol. The lowest BCUT2D eigenvalue weighted by molar-refractivity contribution is -0.115. The van der Waals surface area contributed by atoms with Crippen molar-refractivity contribution in [1.29, 1.82) is 0 Å². The van der Waals surface area contributed by atoms with Crippen molar-refractivity contribution in [3.05, 3.63) is 94.9 Å². The Hall–Kier alpha value is -3.42. The molecule has 3 aromatic carbocycles. The quantitative estimate of drug-likeness (QED) is 0.285. The number of thiazole rings is 1. The predicted molar refractivity (Wildman–Crippen MR) is 142 cm³/mol. The van der Waals surface area contributed by atoms with Gasteiger partial charge in [-0.25, -0.2) is 4.98 Å². The fourth-order valence-corrected chi connectivity index (χ4v) is 4.90. The van der Waals surface area contributed by atoms with E-state index < -0.39 is 0 Å². The summed E-state index contributed by atoms with van der Waals surface area (Å²) >= 11 is 2.92. The Morgan fingerprint density at radius 3 is 2.26 bits per heavy atom. The SMILES string of the molecule is Cc1ccc(-c2nc(NC(=O)CSc3ccc(NC(=O)Cc4ccccc4)cc3)sc2C)cc1. The molecule has 0 saturated heterocycles. The number of nitrogens with zero attached hydrogens (tertiary/aromatic N) is 1. The van der Waals surface area contributed by atoms with Gasteiger partial charge in [-0.2, -0.15) is 0 Å². The number of nitrogens with one attached hydrogen (secondary N) is 2. The highest BCUT2D eigenvalue weighted by Crippen LogP contribution is 2.31. The van der Waals surface area contributed by atoms with Gasteiger partial charge in [-0.15, -0.1) is 23.1 Å². The first kappa shape index (κ1) is 23.7. The summed E-state index contributed by atoms with van der Waals surface area (Å²) in [5, 5.41) is 6.42. The second kappa shape index (κ2) is 11.1. The van der Waals surface area contributed by atoms with E-state index >= 15 is 0 Å². The van der Waals surface area contributed by atoms with Crippen LogP contribution in [0, 0.1) is 13.8 Å². The van der Waals surface area contributed by atoms with E-state index in [1.807, 2.05) is 73.7 Å². The Bertz CT molecular complexity index is 1270. The van der Waals surface area contributed by atoms with Gasteiger partial charge < -0.3 is 10.6 Å². The molecule has 0 aliphatic carbocycles. The van der Waals surface area contributed by atoms with Gasteiger partial charge in [0.2, 0.25) is 11.8 Å². The van der Waals surface area contributed by atoms with E-state index in [0.29, 0.717) is 11.6 Å². The summed E-state index contributed by atoms with van der Waals surface area (Å²) in [6.45, 7) is 4.06. The number of hydrogen-bond acceptors (Lipinski definition) is 5. The maximum absolute atomic E-state index is 12.5. The molecule has 0 radical (unpaired) electrons. The fourth-order valence-electron chi connectivity index (χ4n) is 3.35. The lowest BCUT2D eigenvalue weighted by atomic mass is 10.1. The summed E-state index contributed by atoms with van der Waals surface area (Å²) in [5.41, 5.74) is 4.85. The summed E-state index contributed by atoms with van der Waals surface area (Å²) in [7, 11) is 0. The Labute approximate surface area is 207 Å². The first-order valence-electron chi connectivity index (χ1n) is 10.9. The van der Waals surface area contributed by atoms with Crippen molar-refractivity contribution in [2.45, 2.75) is 25.2 Å². The summed E-state index contributed by atoms with van der Waals surface area (Å²) in [4.78, 5) is 31.3. The number of aryl methyl sites for hydroxylation is 2. The smallest absolute Gasteiger partial charge is 0.236 e. The zero-order chi connectivity index (χ0) is 23.9. The van der Waals surface area contributed by atoms with Gasteiger partial charge in [0.05, 0.1) is 17.9 Å². The summed E-state index contributed by atoms with van der Waals surface area (Å²) in [6.07, 6.45) is 0.333. The van der Waals surface area contributed by atoms with Crippen LogP contribution < -0.4 is 10.6 Å². The molecule has 0 aliphatic rings. The van der Waals surface area contributed by atoms with Crippen LogP contribution in [-0.4, -0.2) is 22.6 Å². The van der Waals surface area contributed by atoms with Crippen LogP contribution in [0.15, 0.2) is 83.8 Å². The molecule has 2 amide bonds. The normalized spacial score (nSPS) is 10.6. The number of hydrogen-bond donors (Lipinski definition) is 2. The largest absolute Gasteiger partial charge is 0.326 e. The maximum atomic E-state index is 12.5. The van der Waals surface area contributed by atoms with Gasteiger partial charge in [-0.1, -0.05) is 60.2 Å². The summed E-state index contributed by atoms with van der Waals surface area (Å²) in [6, 6.07) is 25.3. The molecule has 0 fully saturated rings. The third-order valence-corrected chi connectivity index (χ3v) is 6.98. The van der Waals surface area contributed by atoms with Gasteiger partial charge in [0, 0.05) is 21.0 Å². The molecule has 1 heterocycles. The van der Waals surface area contributed by atoms with E-state index in [9.17, 15) is 9.59 Å². The number of carbonyl (C=O) groups excluding carboxylic acids is 2. The lowest BCUT2D eigenvalue weighted by Crippen LogP contribution is -2.14. The second-order valence-corrected chi connectivity index (χ2v) is 10.1. The second-order valence-electron chi connectivity index (χ2n) is 7.86. The molecule has 172 valence electrons. The van der Waals surface area contributed by atoms with E-state index in [-0.39, 0.29) is 17.6 Å². The van der Waals surface area contributed by atoms with Crippen molar-refractivity contribution in [2.24, 2.45) is 0 Å². The Morgan fingerprint density at radius 1 is 0.853 bits per heavy atom. The number of rotatable bonds is 8. The van der Waals surface area contributed by atoms with Gasteiger partial charge in [-0.05, 0) is 43.7 Å². The topological polar surface area (TPSA) is 71.1 Å². The molecule has 1 aromatic heterocycles. The monoisotopic (exact) mass is 487 g/mol. The molecule has 0 bridgehead atoms. The third-order valence-electron chi connectivity index (χ3n) is 5.08. The highest BCUT2D eigenvalue weighted by atomic mass is 32.2. The highest BCUT2D eigenvalue weighted by molar-refractivity contribution is 8.00. The van der Waals surface area contributed by atoms with Gasteiger partial charge in [0.15, 0.2) is 5.13 Å². The van der Waals surface area contributed by atoms with E-state index in [1.54, 1.807) is 0 Å². The van der Waals surface area contributed by atoms with Gasteiger partial charge in [0.25, 0.3) is 0 Å². The Morgan fingerprint density at radius 2 is 1.56 bits per heavy atom. The van der Waals surface area contributed by atoms with Crippen molar-refractivity contribution in [3.8, 4) is 11.3 Å². The maximum Gasteiger partial charge on any atom is 0.236 e. The first-order valence-corrected chi connectivity index (χ1v) is 12.7. The molecule has 4 aromatic rings. The summed E-state index contributed by atoms with van der Waals surface area (Å²) < 4.78 is 0. The van der Waals surface area contributed by atoms with Gasteiger partial charge >= 0.3 is 0 Å². The van der Waals surface area contributed by atoms with E-state index in [1.165, 1.54) is 28.7 Å².